The Kier molecular flexibility index (Phi) is 4.37. The summed E-state index contributed by atoms with van der Waals surface area (Å²) in [4.78, 5) is 0. The van der Waals surface area contributed by atoms with Gasteiger partial charge in [0, 0.05) is 18.8 Å². The second-order valence-corrected chi connectivity index (χ2v) is 4.88. The van der Waals surface area contributed by atoms with E-state index in [0.717, 1.165) is 0 Å². The molecule has 0 fully saturated rings. The number of hydrogen-bond donors (Lipinski definition) is 1. The fourth-order valence-corrected chi connectivity index (χ4v) is 1.82. The molecule has 0 aromatic heterocycles. The van der Waals surface area contributed by atoms with Crippen molar-refractivity contribution >= 4 is 9.84 Å². The molecule has 3 nitrogen and oxygen atoms in total. The summed E-state index contributed by atoms with van der Waals surface area (Å²) in [5, 5.41) is 2.99. The summed E-state index contributed by atoms with van der Waals surface area (Å²) in [6.45, 7) is 6.00. The Morgan fingerprint density at radius 3 is 2.55 bits per heavy atom. The highest BCUT2D eigenvalue weighted by Gasteiger charge is 2.07. The van der Waals surface area contributed by atoms with Crippen molar-refractivity contribution in [3.8, 4) is 0 Å². The van der Waals surface area contributed by atoms with Crippen LogP contribution >= 0.6 is 0 Å². The fraction of sp³-hybridized carbons (Fsp3) is 0.714. The first kappa shape index (κ1) is 10.7. The monoisotopic (exact) mass is 177 g/mol. The van der Waals surface area contributed by atoms with E-state index < -0.39 is 9.84 Å². The summed E-state index contributed by atoms with van der Waals surface area (Å²) in [7, 11) is -2.85. The Bertz CT molecular complexity index is 208. The van der Waals surface area contributed by atoms with E-state index in [1.165, 1.54) is 6.26 Å². The summed E-state index contributed by atoms with van der Waals surface area (Å²) < 4.78 is 21.5. The molecule has 0 aliphatic rings. The Balaban J connectivity index is 3.69. The van der Waals surface area contributed by atoms with Gasteiger partial charge in [-0.2, -0.15) is 0 Å². The van der Waals surface area contributed by atoms with E-state index >= 15 is 0 Å². The predicted molar refractivity (Wildman–Crippen MR) is 47.4 cm³/mol. The molecule has 0 heterocycles. The lowest BCUT2D eigenvalue weighted by atomic mass is 10.4. The van der Waals surface area contributed by atoms with Crippen LogP contribution in [0.25, 0.3) is 0 Å². The highest BCUT2D eigenvalue weighted by molar-refractivity contribution is 7.90. The second kappa shape index (κ2) is 4.51. The predicted octanol–water partition coefficient (Wildman–Crippen LogP) is 0.195. The van der Waals surface area contributed by atoms with Gasteiger partial charge >= 0.3 is 0 Å². The molecule has 1 atom stereocenters. The van der Waals surface area contributed by atoms with Crippen LogP contribution < -0.4 is 5.32 Å². The van der Waals surface area contributed by atoms with Crippen LogP contribution in [0.15, 0.2) is 12.7 Å². The van der Waals surface area contributed by atoms with Gasteiger partial charge in [0.05, 0.1) is 5.75 Å². The van der Waals surface area contributed by atoms with Crippen molar-refractivity contribution in [3.05, 3.63) is 12.7 Å². The van der Waals surface area contributed by atoms with Gasteiger partial charge in [-0.3, -0.25) is 0 Å². The van der Waals surface area contributed by atoms with Gasteiger partial charge in [-0.1, -0.05) is 6.08 Å². The van der Waals surface area contributed by atoms with Crippen molar-refractivity contribution in [1.82, 2.24) is 5.32 Å². The lowest BCUT2D eigenvalue weighted by molar-refractivity contribution is 0.576. The maximum atomic E-state index is 10.7. The third-order valence-electron chi connectivity index (χ3n) is 1.16. The third-order valence-corrected chi connectivity index (χ3v) is 2.27. The standard InChI is InChI=1S/C7H15NO2S/c1-4-5-8-7(2)6-11(3,9)10/h4,7-8H,1,5-6H2,2-3H3. The van der Waals surface area contributed by atoms with Crippen molar-refractivity contribution in [2.45, 2.75) is 13.0 Å². The molecule has 0 bridgehead atoms. The Hall–Kier alpha value is -0.350. The molecule has 0 radical (unpaired) electrons. The smallest absolute Gasteiger partial charge is 0.148 e. The number of rotatable bonds is 5. The van der Waals surface area contributed by atoms with Gasteiger partial charge in [-0.25, -0.2) is 8.42 Å². The molecule has 0 saturated heterocycles. The number of hydrogen-bond acceptors (Lipinski definition) is 3. The summed E-state index contributed by atoms with van der Waals surface area (Å²) >= 11 is 0. The minimum atomic E-state index is -2.85. The van der Waals surface area contributed by atoms with Crippen LogP contribution in [0, 0.1) is 0 Å². The molecule has 0 aromatic carbocycles. The van der Waals surface area contributed by atoms with Crippen molar-refractivity contribution in [1.29, 1.82) is 0 Å². The molecular formula is C7H15NO2S. The molecule has 0 amide bonds. The minimum absolute atomic E-state index is 0.00278. The highest BCUT2D eigenvalue weighted by atomic mass is 32.2. The van der Waals surface area contributed by atoms with Gasteiger partial charge in [0.1, 0.15) is 9.84 Å². The van der Waals surface area contributed by atoms with E-state index in [4.69, 9.17) is 0 Å². The largest absolute Gasteiger partial charge is 0.310 e. The Morgan fingerprint density at radius 1 is 1.64 bits per heavy atom. The highest BCUT2D eigenvalue weighted by Crippen LogP contribution is 1.88. The molecule has 0 aromatic rings. The van der Waals surface area contributed by atoms with Crippen LogP contribution in [0.4, 0.5) is 0 Å². The van der Waals surface area contributed by atoms with Crippen molar-refractivity contribution in [2.75, 3.05) is 18.6 Å². The number of sulfone groups is 1. The average Bonchev–Trinajstić information content (AvgIpc) is 1.79. The van der Waals surface area contributed by atoms with E-state index in [-0.39, 0.29) is 11.8 Å². The lowest BCUT2D eigenvalue weighted by Crippen LogP contribution is -2.32. The van der Waals surface area contributed by atoms with Crippen LogP contribution in [0.5, 0.6) is 0 Å². The summed E-state index contributed by atoms with van der Waals surface area (Å²) in [5.74, 6) is 0.181. The molecule has 11 heavy (non-hydrogen) atoms. The first-order valence-electron chi connectivity index (χ1n) is 3.47. The van der Waals surface area contributed by atoms with Crippen molar-refractivity contribution in [2.24, 2.45) is 0 Å². The SMILES string of the molecule is C=CCNC(C)CS(C)(=O)=O. The molecule has 4 heteroatoms. The average molecular weight is 177 g/mol. The van der Waals surface area contributed by atoms with E-state index in [2.05, 4.69) is 11.9 Å². The summed E-state index contributed by atoms with van der Waals surface area (Å²) in [5.41, 5.74) is 0. The first-order valence-corrected chi connectivity index (χ1v) is 5.54. The Labute approximate surface area is 68.4 Å². The van der Waals surface area contributed by atoms with Crippen molar-refractivity contribution < 1.29 is 8.42 Å². The van der Waals surface area contributed by atoms with Crippen LogP contribution in [0.1, 0.15) is 6.92 Å². The quantitative estimate of drug-likeness (QED) is 0.610. The second-order valence-electron chi connectivity index (χ2n) is 2.69. The first-order chi connectivity index (χ1) is 4.95. The van der Waals surface area contributed by atoms with E-state index in [0.29, 0.717) is 6.54 Å². The molecule has 0 saturated carbocycles. The molecule has 1 unspecified atom stereocenters. The van der Waals surface area contributed by atoms with Crippen LogP contribution in [-0.4, -0.2) is 33.0 Å². The van der Waals surface area contributed by atoms with Gasteiger partial charge in [0.2, 0.25) is 0 Å². The van der Waals surface area contributed by atoms with Crippen LogP contribution in [-0.2, 0) is 9.84 Å². The summed E-state index contributed by atoms with van der Waals surface area (Å²) in [6.07, 6.45) is 2.94. The van der Waals surface area contributed by atoms with Gasteiger partial charge in [0.15, 0.2) is 0 Å². The van der Waals surface area contributed by atoms with E-state index in [9.17, 15) is 8.42 Å². The molecule has 0 aliphatic carbocycles. The van der Waals surface area contributed by atoms with Crippen LogP contribution in [0.2, 0.25) is 0 Å². The molecule has 0 aliphatic heterocycles. The lowest BCUT2D eigenvalue weighted by Gasteiger charge is -2.09. The summed E-state index contributed by atoms with van der Waals surface area (Å²) in [6, 6.07) is 0.00278. The molecule has 66 valence electrons. The Morgan fingerprint density at radius 2 is 2.18 bits per heavy atom. The van der Waals surface area contributed by atoms with E-state index in [1.807, 2.05) is 6.92 Å². The van der Waals surface area contributed by atoms with Gasteiger partial charge in [-0.05, 0) is 6.92 Å². The zero-order chi connectivity index (χ0) is 8.91. The van der Waals surface area contributed by atoms with Gasteiger partial charge in [0.25, 0.3) is 0 Å². The normalized spacial score (nSPS) is 14.4. The molecule has 1 N–H and O–H groups in total. The minimum Gasteiger partial charge on any atom is -0.310 e. The van der Waals surface area contributed by atoms with Gasteiger partial charge in [-0.15, -0.1) is 6.58 Å². The maximum absolute atomic E-state index is 10.7. The molecular weight excluding hydrogens is 162 g/mol. The van der Waals surface area contributed by atoms with E-state index in [1.54, 1.807) is 6.08 Å². The van der Waals surface area contributed by atoms with Crippen LogP contribution in [0.3, 0.4) is 0 Å². The molecule has 0 spiro atoms. The molecule has 0 rings (SSSR count). The topological polar surface area (TPSA) is 46.2 Å². The fourth-order valence-electron chi connectivity index (χ4n) is 0.798. The van der Waals surface area contributed by atoms with Crippen molar-refractivity contribution in [3.63, 3.8) is 0 Å². The zero-order valence-electron chi connectivity index (χ0n) is 7.00. The van der Waals surface area contributed by atoms with Gasteiger partial charge < -0.3 is 5.32 Å². The third kappa shape index (κ3) is 7.55. The maximum Gasteiger partial charge on any atom is 0.148 e. The number of nitrogens with one attached hydrogen (secondary N) is 1. The zero-order valence-corrected chi connectivity index (χ0v) is 7.82.